The zero-order chi connectivity index (χ0) is 14.5. The summed E-state index contributed by atoms with van der Waals surface area (Å²) in [5.41, 5.74) is 6.87. The summed E-state index contributed by atoms with van der Waals surface area (Å²) in [6.45, 7) is 5.57. The van der Waals surface area contributed by atoms with Crippen molar-refractivity contribution in [3.8, 4) is 5.75 Å². The standard InChI is InChI=1S/C17H26N2O2/c18-8-12-20-15-5-9-19(10-6-15)13-14-7-11-21-17-4-2-1-3-16(14)17/h1-4,14-15H,5-13,18H2. The number of rotatable bonds is 5. The van der Waals surface area contributed by atoms with Gasteiger partial charge in [0, 0.05) is 32.1 Å². The highest BCUT2D eigenvalue weighted by molar-refractivity contribution is 5.37. The molecule has 1 aromatic rings. The molecule has 0 saturated carbocycles. The fourth-order valence-corrected chi connectivity index (χ4v) is 3.41. The van der Waals surface area contributed by atoms with Gasteiger partial charge < -0.3 is 20.1 Å². The predicted molar refractivity (Wildman–Crippen MR) is 83.8 cm³/mol. The van der Waals surface area contributed by atoms with E-state index in [1.165, 1.54) is 5.56 Å². The van der Waals surface area contributed by atoms with Crippen molar-refractivity contribution in [3.05, 3.63) is 29.8 Å². The van der Waals surface area contributed by atoms with Gasteiger partial charge in [-0.2, -0.15) is 0 Å². The Kier molecular flexibility index (Phi) is 5.12. The Morgan fingerprint density at radius 1 is 1.19 bits per heavy atom. The SMILES string of the molecule is NCCOC1CCN(CC2CCOc3ccccc32)CC1. The number of piperidine rings is 1. The molecule has 1 atom stereocenters. The summed E-state index contributed by atoms with van der Waals surface area (Å²) in [7, 11) is 0. The molecule has 2 aliphatic rings. The summed E-state index contributed by atoms with van der Waals surface area (Å²) in [6.07, 6.45) is 3.79. The quantitative estimate of drug-likeness (QED) is 0.901. The van der Waals surface area contributed by atoms with E-state index in [0.717, 1.165) is 51.3 Å². The van der Waals surface area contributed by atoms with Crippen molar-refractivity contribution in [2.75, 3.05) is 39.4 Å². The minimum Gasteiger partial charge on any atom is -0.493 e. The normalized spacial score (nSPS) is 23.6. The smallest absolute Gasteiger partial charge is 0.122 e. The van der Waals surface area contributed by atoms with Gasteiger partial charge in [0.05, 0.1) is 19.3 Å². The molecular formula is C17H26N2O2. The molecule has 1 unspecified atom stereocenters. The Balaban J connectivity index is 1.52. The summed E-state index contributed by atoms with van der Waals surface area (Å²) in [4.78, 5) is 2.58. The summed E-state index contributed by atoms with van der Waals surface area (Å²) >= 11 is 0. The number of hydrogen-bond acceptors (Lipinski definition) is 4. The van der Waals surface area contributed by atoms with E-state index in [9.17, 15) is 0 Å². The van der Waals surface area contributed by atoms with Crippen LogP contribution < -0.4 is 10.5 Å². The lowest BCUT2D eigenvalue weighted by atomic mass is 9.92. The van der Waals surface area contributed by atoms with Gasteiger partial charge in [0.2, 0.25) is 0 Å². The first-order valence-corrected chi connectivity index (χ1v) is 8.12. The number of nitrogens with zero attached hydrogens (tertiary/aromatic N) is 1. The molecule has 2 aliphatic heterocycles. The van der Waals surface area contributed by atoms with Crippen LogP contribution in [0.1, 0.15) is 30.7 Å². The van der Waals surface area contributed by atoms with Crippen LogP contribution in [0.4, 0.5) is 0 Å². The topological polar surface area (TPSA) is 47.7 Å². The molecule has 1 aromatic carbocycles. The Hall–Kier alpha value is -1.10. The number of likely N-dealkylation sites (tertiary alicyclic amines) is 1. The first kappa shape index (κ1) is 14.8. The van der Waals surface area contributed by atoms with Crippen LogP contribution in [-0.4, -0.2) is 50.4 Å². The first-order valence-electron chi connectivity index (χ1n) is 8.12. The Morgan fingerprint density at radius 3 is 2.81 bits per heavy atom. The van der Waals surface area contributed by atoms with Gasteiger partial charge in [-0.1, -0.05) is 18.2 Å². The second-order valence-electron chi connectivity index (χ2n) is 6.03. The van der Waals surface area contributed by atoms with E-state index < -0.39 is 0 Å². The van der Waals surface area contributed by atoms with Gasteiger partial charge in [0.25, 0.3) is 0 Å². The third-order valence-corrected chi connectivity index (χ3v) is 4.57. The van der Waals surface area contributed by atoms with E-state index in [-0.39, 0.29) is 0 Å². The predicted octanol–water partition coefficient (Wildman–Crippen LogP) is 1.99. The van der Waals surface area contributed by atoms with E-state index in [4.69, 9.17) is 15.2 Å². The zero-order valence-corrected chi connectivity index (χ0v) is 12.7. The van der Waals surface area contributed by atoms with Crippen LogP contribution >= 0.6 is 0 Å². The highest BCUT2D eigenvalue weighted by Gasteiger charge is 2.26. The van der Waals surface area contributed by atoms with Crippen LogP contribution in [-0.2, 0) is 4.74 Å². The minimum absolute atomic E-state index is 0.409. The molecule has 0 spiro atoms. The third-order valence-electron chi connectivity index (χ3n) is 4.57. The maximum absolute atomic E-state index is 5.75. The van der Waals surface area contributed by atoms with Gasteiger partial charge >= 0.3 is 0 Å². The van der Waals surface area contributed by atoms with Crippen molar-refractivity contribution >= 4 is 0 Å². The van der Waals surface area contributed by atoms with Crippen LogP contribution in [0.25, 0.3) is 0 Å². The van der Waals surface area contributed by atoms with Gasteiger partial charge in [0.1, 0.15) is 5.75 Å². The van der Waals surface area contributed by atoms with Crippen LogP contribution in [0.3, 0.4) is 0 Å². The van der Waals surface area contributed by atoms with E-state index in [2.05, 4.69) is 29.2 Å². The number of hydrogen-bond donors (Lipinski definition) is 1. The number of benzene rings is 1. The fourth-order valence-electron chi connectivity index (χ4n) is 3.41. The van der Waals surface area contributed by atoms with Crippen LogP contribution in [0.15, 0.2) is 24.3 Å². The number of ether oxygens (including phenoxy) is 2. The molecule has 0 bridgehead atoms. The van der Waals surface area contributed by atoms with Crippen LogP contribution in [0.5, 0.6) is 5.75 Å². The molecule has 2 N–H and O–H groups in total. The lowest BCUT2D eigenvalue weighted by Gasteiger charge is -2.35. The molecule has 3 rings (SSSR count). The van der Waals surface area contributed by atoms with Crippen molar-refractivity contribution in [1.82, 2.24) is 4.90 Å². The maximum Gasteiger partial charge on any atom is 0.122 e. The van der Waals surface area contributed by atoms with Crippen molar-refractivity contribution in [2.24, 2.45) is 5.73 Å². The molecule has 0 radical (unpaired) electrons. The van der Waals surface area contributed by atoms with E-state index >= 15 is 0 Å². The molecule has 116 valence electrons. The van der Waals surface area contributed by atoms with Gasteiger partial charge in [-0.25, -0.2) is 0 Å². The van der Waals surface area contributed by atoms with Crippen molar-refractivity contribution in [3.63, 3.8) is 0 Å². The van der Waals surface area contributed by atoms with Gasteiger partial charge in [-0.15, -0.1) is 0 Å². The lowest BCUT2D eigenvalue weighted by Crippen LogP contribution is -2.40. The van der Waals surface area contributed by atoms with Crippen molar-refractivity contribution in [2.45, 2.75) is 31.3 Å². The summed E-state index contributed by atoms with van der Waals surface area (Å²) in [6, 6.07) is 8.49. The van der Waals surface area contributed by atoms with E-state index in [0.29, 0.717) is 25.2 Å². The monoisotopic (exact) mass is 290 g/mol. The second kappa shape index (κ2) is 7.25. The highest BCUT2D eigenvalue weighted by atomic mass is 16.5. The van der Waals surface area contributed by atoms with E-state index in [1.54, 1.807) is 0 Å². The summed E-state index contributed by atoms with van der Waals surface area (Å²) in [5.74, 6) is 1.69. The Labute approximate surface area is 127 Å². The maximum atomic E-state index is 5.75. The fraction of sp³-hybridized carbons (Fsp3) is 0.647. The first-order chi connectivity index (χ1) is 10.4. The van der Waals surface area contributed by atoms with Crippen LogP contribution in [0, 0.1) is 0 Å². The van der Waals surface area contributed by atoms with Crippen LogP contribution in [0.2, 0.25) is 0 Å². The average molecular weight is 290 g/mol. The molecular weight excluding hydrogens is 264 g/mol. The van der Waals surface area contributed by atoms with Crippen molar-refractivity contribution < 1.29 is 9.47 Å². The van der Waals surface area contributed by atoms with Crippen molar-refractivity contribution in [1.29, 1.82) is 0 Å². The molecule has 0 aromatic heterocycles. The summed E-state index contributed by atoms with van der Waals surface area (Å²) in [5, 5.41) is 0. The third kappa shape index (κ3) is 3.76. The average Bonchev–Trinajstić information content (AvgIpc) is 2.55. The van der Waals surface area contributed by atoms with Gasteiger partial charge in [-0.05, 0) is 30.9 Å². The molecule has 4 heteroatoms. The molecule has 0 aliphatic carbocycles. The largest absolute Gasteiger partial charge is 0.493 e. The highest BCUT2D eigenvalue weighted by Crippen LogP contribution is 2.34. The zero-order valence-electron chi connectivity index (χ0n) is 12.7. The Morgan fingerprint density at radius 2 is 2.00 bits per heavy atom. The Bertz CT molecular complexity index is 444. The summed E-state index contributed by atoms with van der Waals surface area (Å²) < 4.78 is 11.5. The number of para-hydroxylation sites is 1. The molecule has 1 saturated heterocycles. The second-order valence-corrected chi connectivity index (χ2v) is 6.03. The lowest BCUT2D eigenvalue weighted by molar-refractivity contribution is 0.00953. The van der Waals surface area contributed by atoms with E-state index in [1.807, 2.05) is 0 Å². The molecule has 2 heterocycles. The molecule has 4 nitrogen and oxygen atoms in total. The number of nitrogens with two attached hydrogens (primary N) is 1. The molecule has 21 heavy (non-hydrogen) atoms. The van der Waals surface area contributed by atoms with Gasteiger partial charge in [0.15, 0.2) is 0 Å². The minimum atomic E-state index is 0.409. The van der Waals surface area contributed by atoms with Gasteiger partial charge in [-0.3, -0.25) is 0 Å². The molecule has 0 amide bonds. The number of fused-ring (bicyclic) bond motifs is 1. The molecule has 1 fully saturated rings.